The third-order valence-corrected chi connectivity index (χ3v) is 4.14. The normalized spacial score (nSPS) is 11.3. The highest BCUT2D eigenvalue weighted by atomic mass is 79.9. The van der Waals surface area contributed by atoms with Crippen LogP contribution in [0.4, 0.5) is 0 Å². The average molecular weight is 386 g/mol. The molecule has 2 aromatic carbocycles. The summed E-state index contributed by atoms with van der Waals surface area (Å²) in [6.45, 7) is 1.95. The van der Waals surface area contributed by atoms with Gasteiger partial charge in [-0.2, -0.15) is 9.78 Å². The van der Waals surface area contributed by atoms with Crippen molar-refractivity contribution in [3.05, 3.63) is 68.7 Å². The van der Waals surface area contributed by atoms with E-state index in [0.717, 1.165) is 10.0 Å². The van der Waals surface area contributed by atoms with E-state index >= 15 is 0 Å². The number of halogens is 1. The van der Waals surface area contributed by atoms with Gasteiger partial charge in [0.15, 0.2) is 0 Å². The van der Waals surface area contributed by atoms with E-state index in [9.17, 15) is 4.79 Å². The Hall–Kier alpha value is -2.47. The second kappa shape index (κ2) is 6.97. The fraction of sp³-hybridized carbons (Fsp3) is 0.167. The summed E-state index contributed by atoms with van der Waals surface area (Å²) in [5.41, 5.74) is 1.27. The lowest BCUT2D eigenvalue weighted by molar-refractivity contribution is 0.414. The highest BCUT2D eigenvalue weighted by Gasteiger charge is 2.09. The van der Waals surface area contributed by atoms with Gasteiger partial charge in [0.25, 0.3) is 5.56 Å². The lowest BCUT2D eigenvalue weighted by Gasteiger charge is -2.08. The molecule has 6 heteroatoms. The zero-order valence-electron chi connectivity index (χ0n) is 13.4. The van der Waals surface area contributed by atoms with Crippen LogP contribution in [0.15, 0.2) is 56.8 Å². The molecule has 0 fully saturated rings. The number of rotatable bonds is 4. The van der Waals surface area contributed by atoms with Crippen LogP contribution >= 0.6 is 15.9 Å². The van der Waals surface area contributed by atoms with Gasteiger partial charge in [-0.25, -0.2) is 4.98 Å². The van der Waals surface area contributed by atoms with Crippen LogP contribution in [0.3, 0.4) is 0 Å². The number of nitrogens with zero attached hydrogens (tertiary/aromatic N) is 3. The summed E-state index contributed by atoms with van der Waals surface area (Å²) in [7, 11) is 1.60. The van der Waals surface area contributed by atoms with Crippen LogP contribution in [0.2, 0.25) is 0 Å². The Labute approximate surface area is 147 Å². The van der Waals surface area contributed by atoms with Crippen LogP contribution < -0.4 is 10.3 Å². The molecule has 0 aliphatic carbocycles. The van der Waals surface area contributed by atoms with Gasteiger partial charge in [-0.05, 0) is 30.3 Å². The molecular weight excluding hydrogens is 370 g/mol. The molecule has 3 aromatic rings. The van der Waals surface area contributed by atoms with Crippen molar-refractivity contribution in [2.24, 2.45) is 5.10 Å². The molecule has 0 spiro atoms. The first-order valence-corrected chi connectivity index (χ1v) is 8.32. The monoisotopic (exact) mass is 385 g/mol. The van der Waals surface area contributed by atoms with E-state index in [4.69, 9.17) is 4.74 Å². The summed E-state index contributed by atoms with van der Waals surface area (Å²) in [4.78, 5) is 17.3. The second-order valence-electron chi connectivity index (χ2n) is 5.15. The molecule has 0 aliphatic heterocycles. The highest BCUT2D eigenvalue weighted by molar-refractivity contribution is 9.10. The van der Waals surface area contributed by atoms with Crippen LogP contribution in [0.25, 0.3) is 10.9 Å². The Morgan fingerprint density at radius 3 is 2.83 bits per heavy atom. The van der Waals surface area contributed by atoms with Gasteiger partial charge in [-0.1, -0.05) is 35.0 Å². The van der Waals surface area contributed by atoms with E-state index in [0.29, 0.717) is 28.9 Å². The van der Waals surface area contributed by atoms with Gasteiger partial charge in [0.2, 0.25) is 0 Å². The Balaban J connectivity index is 2.16. The minimum atomic E-state index is -0.190. The van der Waals surface area contributed by atoms with Crippen LogP contribution in [0.5, 0.6) is 5.75 Å². The van der Waals surface area contributed by atoms with Crippen molar-refractivity contribution in [2.45, 2.75) is 13.3 Å². The number of para-hydroxylation sites is 1. The van der Waals surface area contributed by atoms with E-state index in [1.807, 2.05) is 43.3 Å². The SMILES string of the molecule is CCc1nc2ccc(Br)cc2c(=O)n1N=Cc1ccccc1OC. The minimum Gasteiger partial charge on any atom is -0.496 e. The van der Waals surface area contributed by atoms with Gasteiger partial charge in [0, 0.05) is 16.5 Å². The first-order valence-electron chi connectivity index (χ1n) is 7.52. The van der Waals surface area contributed by atoms with E-state index in [2.05, 4.69) is 26.0 Å². The molecule has 0 aliphatic rings. The van der Waals surface area contributed by atoms with Gasteiger partial charge in [0.1, 0.15) is 11.6 Å². The van der Waals surface area contributed by atoms with Gasteiger partial charge < -0.3 is 4.74 Å². The van der Waals surface area contributed by atoms with Crippen molar-refractivity contribution in [3.8, 4) is 5.75 Å². The number of hydrogen-bond acceptors (Lipinski definition) is 4. The third-order valence-electron chi connectivity index (χ3n) is 3.64. The number of aryl methyl sites for hydroxylation is 1. The standard InChI is InChI=1S/C18H16BrN3O2/c1-3-17-21-15-9-8-13(19)10-14(15)18(23)22(17)20-11-12-6-4-5-7-16(12)24-2/h4-11H,3H2,1-2H3. The smallest absolute Gasteiger partial charge is 0.282 e. The lowest BCUT2D eigenvalue weighted by atomic mass is 10.2. The van der Waals surface area contributed by atoms with Gasteiger partial charge in [0.05, 0.1) is 24.2 Å². The van der Waals surface area contributed by atoms with E-state index in [1.54, 1.807) is 19.4 Å². The maximum Gasteiger partial charge on any atom is 0.282 e. The molecule has 0 bridgehead atoms. The zero-order valence-corrected chi connectivity index (χ0v) is 14.9. The fourth-order valence-corrected chi connectivity index (χ4v) is 2.80. The minimum absolute atomic E-state index is 0.190. The second-order valence-corrected chi connectivity index (χ2v) is 6.06. The molecule has 3 rings (SSSR count). The van der Waals surface area contributed by atoms with Crippen LogP contribution in [0.1, 0.15) is 18.3 Å². The number of ether oxygens (including phenoxy) is 1. The van der Waals surface area contributed by atoms with Crippen LogP contribution in [0, 0.1) is 0 Å². The summed E-state index contributed by atoms with van der Waals surface area (Å²) in [6.07, 6.45) is 2.22. The summed E-state index contributed by atoms with van der Waals surface area (Å²) >= 11 is 3.39. The van der Waals surface area contributed by atoms with E-state index in [-0.39, 0.29) is 5.56 Å². The molecule has 5 nitrogen and oxygen atoms in total. The maximum atomic E-state index is 12.8. The molecule has 0 saturated heterocycles. The largest absolute Gasteiger partial charge is 0.496 e. The third kappa shape index (κ3) is 3.10. The molecule has 0 radical (unpaired) electrons. The molecule has 0 N–H and O–H groups in total. The number of fused-ring (bicyclic) bond motifs is 1. The van der Waals surface area contributed by atoms with Crippen molar-refractivity contribution in [1.29, 1.82) is 0 Å². The van der Waals surface area contributed by atoms with Crippen molar-refractivity contribution in [1.82, 2.24) is 9.66 Å². The van der Waals surface area contributed by atoms with E-state index in [1.165, 1.54) is 4.68 Å². The Bertz CT molecular complexity index is 980. The first kappa shape index (κ1) is 16.4. The molecule has 24 heavy (non-hydrogen) atoms. The summed E-state index contributed by atoms with van der Waals surface area (Å²) in [6, 6.07) is 13.0. The molecule has 1 aromatic heterocycles. The summed E-state index contributed by atoms with van der Waals surface area (Å²) in [5.74, 6) is 1.31. The van der Waals surface area contributed by atoms with Crippen molar-refractivity contribution >= 4 is 33.0 Å². The Morgan fingerprint density at radius 2 is 2.08 bits per heavy atom. The molecule has 0 amide bonds. The van der Waals surface area contributed by atoms with E-state index < -0.39 is 0 Å². The highest BCUT2D eigenvalue weighted by Crippen LogP contribution is 2.17. The average Bonchev–Trinajstić information content (AvgIpc) is 2.61. The fourth-order valence-electron chi connectivity index (χ4n) is 2.44. The number of aromatic nitrogens is 2. The quantitative estimate of drug-likeness (QED) is 0.644. The Kier molecular flexibility index (Phi) is 4.76. The van der Waals surface area contributed by atoms with Crippen molar-refractivity contribution in [3.63, 3.8) is 0 Å². The number of methoxy groups -OCH3 is 1. The predicted octanol–water partition coefficient (Wildman–Crippen LogP) is 3.61. The van der Waals surface area contributed by atoms with Crippen molar-refractivity contribution < 1.29 is 4.74 Å². The lowest BCUT2D eigenvalue weighted by Crippen LogP contribution is -2.22. The number of hydrogen-bond donors (Lipinski definition) is 0. The molecule has 0 atom stereocenters. The zero-order chi connectivity index (χ0) is 17.1. The molecule has 0 unspecified atom stereocenters. The summed E-state index contributed by atoms with van der Waals surface area (Å²) < 4.78 is 7.49. The predicted molar refractivity (Wildman–Crippen MR) is 99.1 cm³/mol. The topological polar surface area (TPSA) is 56.5 Å². The molecule has 0 saturated carbocycles. The van der Waals surface area contributed by atoms with Crippen molar-refractivity contribution in [2.75, 3.05) is 7.11 Å². The van der Waals surface area contributed by atoms with Gasteiger partial charge >= 0.3 is 0 Å². The van der Waals surface area contributed by atoms with Gasteiger partial charge in [-0.15, -0.1) is 0 Å². The molecule has 1 heterocycles. The van der Waals surface area contributed by atoms with Crippen LogP contribution in [-0.4, -0.2) is 23.0 Å². The first-order chi connectivity index (χ1) is 11.6. The number of benzene rings is 2. The van der Waals surface area contributed by atoms with Gasteiger partial charge in [-0.3, -0.25) is 4.79 Å². The van der Waals surface area contributed by atoms with Crippen LogP contribution in [-0.2, 0) is 6.42 Å². The maximum absolute atomic E-state index is 12.8. The molecular formula is C18H16BrN3O2. The summed E-state index contributed by atoms with van der Waals surface area (Å²) in [5, 5.41) is 4.88. The Morgan fingerprint density at radius 1 is 1.29 bits per heavy atom. The molecule has 122 valence electrons.